The molecule has 8 aromatic rings. The summed E-state index contributed by atoms with van der Waals surface area (Å²) < 4.78 is 114. The number of halogens is 8. The summed E-state index contributed by atoms with van der Waals surface area (Å²) in [5.41, 5.74) is 0.158. The molecule has 13 fully saturated rings. The van der Waals surface area contributed by atoms with E-state index >= 15 is 0 Å². The normalized spacial score (nSPS) is 26.2. The van der Waals surface area contributed by atoms with E-state index in [0.717, 1.165) is 126 Å². The van der Waals surface area contributed by atoms with E-state index in [1.807, 2.05) is 0 Å². The van der Waals surface area contributed by atoms with E-state index in [4.69, 9.17) is 78.9 Å². The van der Waals surface area contributed by atoms with Crippen LogP contribution in [-0.2, 0) is 29.0 Å². The lowest BCUT2D eigenvalue weighted by atomic mass is 9.38. The molecule has 37 heteroatoms. The van der Waals surface area contributed by atoms with Crippen molar-refractivity contribution in [1.82, 2.24) is 57.7 Å². The second-order valence-electron chi connectivity index (χ2n) is 34.6. The SMILES string of the molecule is CC1CC2(NC(=O)c3cc(C4CC4)no3)CCC1(NC(=O)COc1ccc(Cl)c(F)c1)CC2.CS(=O)(=O)c1ccc(C(=O)CC23CC(NC(=O)COc4ccc(Cl)c(F)c4)(C2)C3)cn1.Cc1cc(C(=O)NC23CCC(NC(=O)COc4ccc(Cl)c(F)c4)(C2)C3)on1.Cc1cc(C(=O)NC23CCC(NC(=O)COc4ccc(Cl)c(F)c4)(CC2)C(C)C3)on1. The number of hydrogen-bond acceptors (Lipinski definition) is 21. The Labute approximate surface area is 725 Å². The molecule has 13 aliphatic carbocycles. The molecule has 0 aliphatic heterocycles. The van der Waals surface area contributed by atoms with Crippen LogP contribution in [0.1, 0.15) is 207 Å². The van der Waals surface area contributed by atoms with E-state index in [0.29, 0.717) is 61.4 Å². The van der Waals surface area contributed by atoms with Crippen molar-refractivity contribution in [2.75, 3.05) is 32.7 Å². The second kappa shape index (κ2) is 35.3. The monoisotopic (exact) mass is 1800 g/mol. The van der Waals surface area contributed by atoms with E-state index in [1.165, 1.54) is 66.9 Å². The first kappa shape index (κ1) is 88.9. The number of rotatable bonds is 27. The third-order valence-corrected chi connectivity index (χ3v) is 27.5. The Hall–Kier alpha value is -10.4. The molecule has 2 unspecified atom stereocenters. The summed E-state index contributed by atoms with van der Waals surface area (Å²) in [6.45, 7) is 6.84. The number of aryl methyl sites for hydroxylation is 2. The fourth-order valence-corrected chi connectivity index (χ4v) is 20.1. The minimum atomic E-state index is -3.41. The molecule has 28 nitrogen and oxygen atoms in total. The van der Waals surface area contributed by atoms with Gasteiger partial charge in [0.15, 0.2) is 47.1 Å². The van der Waals surface area contributed by atoms with Gasteiger partial charge in [-0.05, 0) is 214 Å². The highest BCUT2D eigenvalue weighted by Crippen LogP contribution is 2.69. The molecule has 7 amide bonds. The molecular formula is C86H91Cl4F4N11O17S. The maximum Gasteiger partial charge on any atom is 0.290 e. The molecule has 654 valence electrons. The summed E-state index contributed by atoms with van der Waals surface area (Å²) in [7, 11) is -3.41. The third-order valence-electron chi connectivity index (χ3n) is 25.2. The first-order valence-electron chi connectivity index (χ1n) is 40.3. The summed E-state index contributed by atoms with van der Waals surface area (Å²) in [5.74, 6) is -1.96. The number of nitrogens with one attached hydrogen (secondary N) is 7. The number of sulfone groups is 1. The molecule has 13 saturated carbocycles. The van der Waals surface area contributed by atoms with Crippen molar-refractivity contribution in [2.24, 2.45) is 17.3 Å². The van der Waals surface area contributed by atoms with Gasteiger partial charge in [0, 0.05) is 112 Å². The van der Waals surface area contributed by atoms with E-state index in [1.54, 1.807) is 32.0 Å². The van der Waals surface area contributed by atoms with E-state index in [9.17, 15) is 64.3 Å². The molecule has 2 atom stereocenters. The van der Waals surface area contributed by atoms with Gasteiger partial charge in [0.2, 0.25) is 17.3 Å². The number of hydrogen-bond donors (Lipinski definition) is 7. The second-order valence-corrected chi connectivity index (χ2v) is 38.2. The highest BCUT2D eigenvalue weighted by atomic mass is 35.5. The average molecular weight is 1800 g/mol. The number of amides is 7. The molecule has 123 heavy (non-hydrogen) atoms. The Morgan fingerprint density at radius 1 is 0.439 bits per heavy atom. The fraction of sp³-hybridized carbons (Fsp3) is 0.465. The molecule has 4 aromatic heterocycles. The lowest BCUT2D eigenvalue weighted by molar-refractivity contribution is -0.164. The molecule has 0 saturated heterocycles. The number of Topliss-reactive ketones (excluding diaryl/α,β-unsaturated/α-hetero) is 1. The largest absolute Gasteiger partial charge is 0.484 e. The number of carbonyl (C=O) groups is 8. The van der Waals surface area contributed by atoms with Crippen LogP contribution in [0.3, 0.4) is 0 Å². The van der Waals surface area contributed by atoms with Crippen LogP contribution in [-0.4, -0.2) is 147 Å². The van der Waals surface area contributed by atoms with Gasteiger partial charge in [-0.3, -0.25) is 38.4 Å². The standard InChI is InChI=1S/C24H27ClFN3O4.C22H25ClFN3O4.C21H20ClFN2O5S.C19H19ClFN3O4/c1-14-12-23(28-22(31)20-11-19(29-33-20)15-2-3-15)6-8-24(14,9-7-23)27-21(30)13-32-16-4-5-17(25)18(26)10-16;1-13-11-21(26-20(29)18-9-14(2)27-31-18)5-7-22(13,8-6-21)25-19(28)12-30-15-3-4-16(23)17(24)10-15;1-31(28,29)19-5-2-13(8-24-19)17(26)7-20-10-21(11-20,12-20)25-18(27)9-30-14-3-4-15(22)16(23)6-14;1-11-6-15(28-24-11)17(26)23-19-5-4-18(9-19,10-19)22-16(25)8-27-12-2-3-13(20)14(21)7-12/h4-5,10-11,14-15H,2-3,6-9,12-13H2,1H3,(H,27,30)(H,28,31);3-4,9-10,13H,5-8,11-12H2,1-2H3,(H,25,28)(H,26,29);2-6,8H,7,9-12H2,1H3,(H,25,27);2-3,6-7H,4-5,8-10H2,1H3,(H,22,25)(H,23,26). The zero-order valence-corrected chi connectivity index (χ0v) is 71.6. The Bertz CT molecular complexity index is 5490. The minimum absolute atomic E-state index is 0.00273. The summed E-state index contributed by atoms with van der Waals surface area (Å²) in [5, 5.41) is 33.1. The molecule has 0 radical (unpaired) electrons. The van der Waals surface area contributed by atoms with Gasteiger partial charge in [0.1, 0.15) is 46.3 Å². The first-order chi connectivity index (χ1) is 58.2. The molecule has 13 aliphatic rings. The van der Waals surface area contributed by atoms with Gasteiger partial charge in [-0.15, -0.1) is 0 Å². The number of carbonyl (C=O) groups excluding carboxylic acids is 8. The van der Waals surface area contributed by atoms with Gasteiger partial charge < -0.3 is 69.7 Å². The van der Waals surface area contributed by atoms with Gasteiger partial charge >= 0.3 is 0 Å². The molecule has 21 rings (SSSR count). The highest BCUT2D eigenvalue weighted by molar-refractivity contribution is 7.90. The quantitative estimate of drug-likeness (QED) is 0.0186. The Morgan fingerprint density at radius 2 is 0.789 bits per heavy atom. The van der Waals surface area contributed by atoms with Crippen LogP contribution in [0.2, 0.25) is 20.1 Å². The third kappa shape index (κ3) is 20.7. The van der Waals surface area contributed by atoms with Crippen molar-refractivity contribution in [1.29, 1.82) is 0 Å². The van der Waals surface area contributed by atoms with Crippen LogP contribution >= 0.6 is 46.4 Å². The van der Waals surface area contributed by atoms with Crippen molar-refractivity contribution < 1.29 is 96.9 Å². The molecule has 8 bridgehead atoms. The average Bonchev–Trinajstić information content (AvgIpc) is 1.54. The van der Waals surface area contributed by atoms with Crippen LogP contribution in [0.4, 0.5) is 17.6 Å². The van der Waals surface area contributed by atoms with Crippen molar-refractivity contribution in [2.45, 2.75) is 206 Å². The number of nitrogens with zero attached hydrogens (tertiary/aromatic N) is 4. The Balaban J connectivity index is 0.000000134. The maximum atomic E-state index is 13.6. The topological polar surface area (TPSA) is 383 Å². The lowest BCUT2D eigenvalue weighted by Gasteiger charge is -2.70. The zero-order chi connectivity index (χ0) is 87.8. The van der Waals surface area contributed by atoms with Crippen molar-refractivity contribution in [3.63, 3.8) is 0 Å². The summed E-state index contributed by atoms with van der Waals surface area (Å²) in [4.78, 5) is 104. The van der Waals surface area contributed by atoms with Crippen LogP contribution in [0, 0.1) is 54.4 Å². The smallest absolute Gasteiger partial charge is 0.290 e. The van der Waals surface area contributed by atoms with Crippen molar-refractivity contribution >= 4 is 103 Å². The number of benzene rings is 4. The van der Waals surface area contributed by atoms with Gasteiger partial charge in [-0.1, -0.05) is 75.7 Å². The van der Waals surface area contributed by atoms with E-state index in [2.05, 4.69) is 71.5 Å². The number of ketones is 1. The Morgan fingerprint density at radius 3 is 1.13 bits per heavy atom. The number of aromatic nitrogens is 4. The van der Waals surface area contributed by atoms with Crippen LogP contribution < -0.4 is 56.2 Å². The molecule has 7 N–H and O–H groups in total. The van der Waals surface area contributed by atoms with Gasteiger partial charge in [-0.2, -0.15) is 0 Å². The fourth-order valence-electron chi connectivity index (χ4n) is 19.0. The molecule has 4 heterocycles. The minimum Gasteiger partial charge on any atom is -0.484 e. The van der Waals surface area contributed by atoms with Crippen LogP contribution in [0.5, 0.6) is 23.0 Å². The zero-order valence-electron chi connectivity index (χ0n) is 67.8. The summed E-state index contributed by atoms with van der Waals surface area (Å²) in [6, 6.07) is 23.9. The van der Waals surface area contributed by atoms with E-state index in [-0.39, 0.29) is 195 Å². The predicted octanol–water partition coefficient (Wildman–Crippen LogP) is 13.9. The van der Waals surface area contributed by atoms with Crippen LogP contribution in [0.25, 0.3) is 0 Å². The highest BCUT2D eigenvalue weighted by Gasteiger charge is 2.69. The first-order valence-corrected chi connectivity index (χ1v) is 43.7. The number of fused-ring (bicyclic) bond motifs is 7. The van der Waals surface area contributed by atoms with Crippen LogP contribution in [0.15, 0.2) is 128 Å². The molecule has 4 aromatic carbocycles. The maximum absolute atomic E-state index is 13.6. The Kier molecular flexibility index (Phi) is 25.6. The number of pyridine rings is 1. The molecular weight excluding hydrogens is 1710 g/mol. The van der Waals surface area contributed by atoms with Crippen molar-refractivity contribution in [3.05, 3.63) is 193 Å². The summed E-state index contributed by atoms with van der Waals surface area (Å²) in [6.07, 6.45) is 17.5. The summed E-state index contributed by atoms with van der Waals surface area (Å²) >= 11 is 22.6. The van der Waals surface area contributed by atoms with Gasteiger partial charge in [-0.25, -0.2) is 31.0 Å². The molecule has 0 spiro atoms. The van der Waals surface area contributed by atoms with Gasteiger partial charge in [0.25, 0.3) is 41.4 Å². The van der Waals surface area contributed by atoms with E-state index < -0.39 is 33.1 Å². The van der Waals surface area contributed by atoms with Gasteiger partial charge in [0.05, 0.1) is 37.2 Å². The lowest BCUT2D eigenvalue weighted by Crippen LogP contribution is -2.75. The van der Waals surface area contributed by atoms with Crippen molar-refractivity contribution in [3.8, 4) is 23.0 Å². The predicted molar refractivity (Wildman–Crippen MR) is 438 cm³/mol. The number of ether oxygens (including phenoxy) is 4.